The Balaban J connectivity index is 0.00000169. The van der Waals surface area contributed by atoms with Crippen molar-refractivity contribution in [1.29, 1.82) is 0 Å². The van der Waals surface area contributed by atoms with E-state index in [1.165, 1.54) is 12.0 Å². The van der Waals surface area contributed by atoms with Crippen molar-refractivity contribution in [2.24, 2.45) is 0 Å². The summed E-state index contributed by atoms with van der Waals surface area (Å²) in [5, 5.41) is 0. The van der Waals surface area contributed by atoms with Crippen LogP contribution in [0.25, 0.3) is 0 Å². The zero-order valence-electron chi connectivity index (χ0n) is 9.23. The number of halogens is 1. The maximum Gasteiger partial charge on any atom is 0.00441 e. The van der Waals surface area contributed by atoms with E-state index in [4.69, 9.17) is 0 Å². The number of rotatable bonds is 4. The molecular formula is C12H20ClN. The Morgan fingerprint density at radius 1 is 1.14 bits per heavy atom. The molecule has 0 bridgehead atoms. The lowest BCUT2D eigenvalue weighted by molar-refractivity contribution is 0.368. The molecule has 0 fully saturated rings. The molecule has 0 aliphatic carbocycles. The van der Waals surface area contributed by atoms with Crippen LogP contribution in [0.4, 0.5) is 0 Å². The smallest absolute Gasteiger partial charge is 0.00441 e. The molecule has 1 aromatic carbocycles. The number of hydrogen-bond donors (Lipinski definition) is 0. The van der Waals surface area contributed by atoms with Crippen LogP contribution in [0.3, 0.4) is 0 Å². The molecule has 1 atom stereocenters. The molecule has 2 heteroatoms. The summed E-state index contributed by atoms with van der Waals surface area (Å²) < 4.78 is 0. The Morgan fingerprint density at radius 2 is 1.71 bits per heavy atom. The van der Waals surface area contributed by atoms with Gasteiger partial charge in [-0.1, -0.05) is 37.3 Å². The van der Waals surface area contributed by atoms with Crippen molar-refractivity contribution in [3.8, 4) is 0 Å². The third-order valence-electron chi connectivity index (χ3n) is 2.35. The van der Waals surface area contributed by atoms with Crippen molar-refractivity contribution < 1.29 is 0 Å². The van der Waals surface area contributed by atoms with Crippen LogP contribution in [0.2, 0.25) is 0 Å². The van der Waals surface area contributed by atoms with Crippen molar-refractivity contribution in [1.82, 2.24) is 4.90 Å². The van der Waals surface area contributed by atoms with Gasteiger partial charge in [-0.3, -0.25) is 0 Å². The maximum atomic E-state index is 2.25. The van der Waals surface area contributed by atoms with Gasteiger partial charge in [0.2, 0.25) is 0 Å². The zero-order valence-corrected chi connectivity index (χ0v) is 10.1. The summed E-state index contributed by atoms with van der Waals surface area (Å²) in [5.41, 5.74) is 1.46. The second-order valence-corrected chi connectivity index (χ2v) is 3.78. The minimum Gasteiger partial charge on any atom is -0.309 e. The maximum absolute atomic E-state index is 2.25. The number of likely N-dealkylation sites (N-methyl/N-ethyl adjacent to an activating group) is 1. The Bertz CT molecular complexity index is 233. The third-order valence-corrected chi connectivity index (χ3v) is 2.35. The van der Waals surface area contributed by atoms with E-state index in [1.807, 2.05) is 0 Å². The predicted octanol–water partition coefficient (Wildman–Crippen LogP) is 3.16. The molecule has 0 aliphatic rings. The molecule has 1 nitrogen and oxygen atoms in total. The quantitative estimate of drug-likeness (QED) is 0.743. The second-order valence-electron chi connectivity index (χ2n) is 3.78. The molecule has 0 radical (unpaired) electrons. The Kier molecular flexibility index (Phi) is 6.60. The van der Waals surface area contributed by atoms with Crippen LogP contribution in [0.5, 0.6) is 0 Å². The molecule has 80 valence electrons. The van der Waals surface area contributed by atoms with E-state index in [9.17, 15) is 0 Å². The van der Waals surface area contributed by atoms with E-state index in [2.05, 4.69) is 56.3 Å². The van der Waals surface area contributed by atoms with Crippen LogP contribution >= 0.6 is 12.4 Å². The highest BCUT2D eigenvalue weighted by molar-refractivity contribution is 5.85. The summed E-state index contributed by atoms with van der Waals surface area (Å²) in [7, 11) is 4.26. The van der Waals surface area contributed by atoms with Gasteiger partial charge in [-0.15, -0.1) is 12.4 Å². The first-order chi connectivity index (χ1) is 6.24. The molecule has 14 heavy (non-hydrogen) atoms. The standard InChI is InChI=1S/C12H19N.ClH/c1-4-11(10-13(2)3)12-8-6-5-7-9-12;/h5-9,11H,4,10H2,1-3H3;1H. The Hall–Kier alpha value is -0.530. The summed E-state index contributed by atoms with van der Waals surface area (Å²) in [6.45, 7) is 3.39. The first-order valence-electron chi connectivity index (χ1n) is 4.93. The lowest BCUT2D eigenvalue weighted by Gasteiger charge is -2.19. The predicted molar refractivity (Wildman–Crippen MR) is 65.3 cm³/mol. The molecule has 0 heterocycles. The SMILES string of the molecule is CCC(CN(C)C)c1ccccc1.Cl. The molecule has 0 amide bonds. The van der Waals surface area contributed by atoms with Crippen LogP contribution in [-0.4, -0.2) is 25.5 Å². The molecule has 0 spiro atoms. The summed E-state index contributed by atoms with van der Waals surface area (Å²) in [6.07, 6.45) is 1.21. The normalized spacial score (nSPS) is 12.3. The molecule has 1 rings (SSSR count). The monoisotopic (exact) mass is 213 g/mol. The van der Waals surface area contributed by atoms with E-state index in [1.54, 1.807) is 0 Å². The van der Waals surface area contributed by atoms with E-state index >= 15 is 0 Å². The zero-order chi connectivity index (χ0) is 9.68. The first-order valence-corrected chi connectivity index (χ1v) is 4.93. The minimum absolute atomic E-state index is 0. The number of nitrogens with zero attached hydrogens (tertiary/aromatic N) is 1. The average Bonchev–Trinajstić information content (AvgIpc) is 2.15. The van der Waals surface area contributed by atoms with Crippen LogP contribution < -0.4 is 0 Å². The Labute approximate surface area is 93.5 Å². The van der Waals surface area contributed by atoms with Crippen molar-refractivity contribution in [3.63, 3.8) is 0 Å². The highest BCUT2D eigenvalue weighted by Crippen LogP contribution is 2.19. The fraction of sp³-hybridized carbons (Fsp3) is 0.500. The summed E-state index contributed by atoms with van der Waals surface area (Å²) >= 11 is 0. The fourth-order valence-electron chi connectivity index (χ4n) is 1.64. The van der Waals surface area contributed by atoms with Crippen LogP contribution in [0.1, 0.15) is 24.8 Å². The lowest BCUT2D eigenvalue weighted by atomic mass is 9.96. The van der Waals surface area contributed by atoms with Crippen LogP contribution in [-0.2, 0) is 0 Å². The van der Waals surface area contributed by atoms with Gasteiger partial charge in [0, 0.05) is 6.54 Å². The van der Waals surface area contributed by atoms with E-state index in [0.717, 1.165) is 6.54 Å². The van der Waals surface area contributed by atoms with E-state index < -0.39 is 0 Å². The largest absolute Gasteiger partial charge is 0.309 e. The topological polar surface area (TPSA) is 3.24 Å². The summed E-state index contributed by atoms with van der Waals surface area (Å²) in [6, 6.07) is 10.8. The van der Waals surface area contributed by atoms with Crippen molar-refractivity contribution in [2.75, 3.05) is 20.6 Å². The van der Waals surface area contributed by atoms with E-state index in [-0.39, 0.29) is 12.4 Å². The van der Waals surface area contributed by atoms with Gasteiger partial charge >= 0.3 is 0 Å². The minimum atomic E-state index is 0. The number of benzene rings is 1. The van der Waals surface area contributed by atoms with Gasteiger partial charge in [-0.05, 0) is 32.0 Å². The van der Waals surface area contributed by atoms with Crippen molar-refractivity contribution in [3.05, 3.63) is 35.9 Å². The number of hydrogen-bond acceptors (Lipinski definition) is 1. The van der Waals surface area contributed by atoms with Gasteiger partial charge in [0.15, 0.2) is 0 Å². The molecule has 0 saturated carbocycles. The summed E-state index contributed by atoms with van der Waals surface area (Å²) in [4.78, 5) is 2.25. The van der Waals surface area contributed by atoms with Gasteiger partial charge in [-0.2, -0.15) is 0 Å². The van der Waals surface area contributed by atoms with Crippen molar-refractivity contribution in [2.45, 2.75) is 19.3 Å². The highest BCUT2D eigenvalue weighted by atomic mass is 35.5. The van der Waals surface area contributed by atoms with Gasteiger partial charge in [0.25, 0.3) is 0 Å². The molecule has 1 unspecified atom stereocenters. The fourth-order valence-corrected chi connectivity index (χ4v) is 1.64. The molecule has 0 saturated heterocycles. The van der Waals surface area contributed by atoms with Gasteiger partial charge in [0.05, 0.1) is 0 Å². The van der Waals surface area contributed by atoms with Crippen LogP contribution in [0, 0.1) is 0 Å². The summed E-state index contributed by atoms with van der Waals surface area (Å²) in [5.74, 6) is 0.677. The average molecular weight is 214 g/mol. The van der Waals surface area contributed by atoms with Gasteiger partial charge < -0.3 is 4.90 Å². The molecule has 0 aromatic heterocycles. The van der Waals surface area contributed by atoms with Crippen LogP contribution in [0.15, 0.2) is 30.3 Å². The first kappa shape index (κ1) is 13.5. The highest BCUT2D eigenvalue weighted by Gasteiger charge is 2.08. The third kappa shape index (κ3) is 4.12. The Morgan fingerprint density at radius 3 is 2.14 bits per heavy atom. The molecular weight excluding hydrogens is 194 g/mol. The van der Waals surface area contributed by atoms with Crippen molar-refractivity contribution >= 4 is 12.4 Å². The van der Waals surface area contributed by atoms with Gasteiger partial charge in [-0.25, -0.2) is 0 Å². The second kappa shape index (κ2) is 6.86. The van der Waals surface area contributed by atoms with E-state index in [0.29, 0.717) is 5.92 Å². The molecule has 1 aromatic rings. The molecule has 0 aliphatic heterocycles. The van der Waals surface area contributed by atoms with Gasteiger partial charge in [0.1, 0.15) is 0 Å². The molecule has 0 N–H and O–H groups in total. The lowest BCUT2D eigenvalue weighted by Crippen LogP contribution is -2.19.